The Morgan fingerprint density at radius 1 is 1.43 bits per heavy atom. The summed E-state index contributed by atoms with van der Waals surface area (Å²) in [5.74, 6) is 1.14. The second-order valence-corrected chi connectivity index (χ2v) is 4.99. The van der Waals surface area contributed by atoms with Crippen molar-refractivity contribution in [2.75, 3.05) is 13.1 Å². The highest BCUT2D eigenvalue weighted by molar-refractivity contribution is 5.79. The summed E-state index contributed by atoms with van der Waals surface area (Å²) in [6.07, 6.45) is 5.16. The fraction of sp³-hybridized carbons (Fsp3) is 0.294. The number of aliphatic imine (C=N–C) groups is 1. The number of benzene rings is 1. The van der Waals surface area contributed by atoms with Gasteiger partial charge in [0.05, 0.1) is 12.2 Å². The van der Waals surface area contributed by atoms with Gasteiger partial charge in [-0.2, -0.15) is 0 Å². The molecule has 1 aromatic carbocycles. The van der Waals surface area contributed by atoms with Gasteiger partial charge in [0.1, 0.15) is 11.6 Å². The first kappa shape index (κ1) is 16.7. The molecule has 122 valence electrons. The van der Waals surface area contributed by atoms with E-state index in [0.717, 1.165) is 17.9 Å². The van der Waals surface area contributed by atoms with Crippen LogP contribution in [0.4, 0.5) is 4.39 Å². The van der Waals surface area contributed by atoms with Gasteiger partial charge in [-0.15, -0.1) is 6.58 Å². The minimum absolute atomic E-state index is 0.289. The molecule has 0 fully saturated rings. The normalized spacial score (nSPS) is 11.3. The number of aryl methyl sites for hydroxylation is 1. The monoisotopic (exact) mass is 315 g/mol. The molecule has 0 saturated carbocycles. The van der Waals surface area contributed by atoms with E-state index in [1.54, 1.807) is 29.1 Å². The molecule has 0 spiro atoms. The van der Waals surface area contributed by atoms with Crippen molar-refractivity contribution in [1.82, 2.24) is 20.2 Å². The maximum Gasteiger partial charge on any atom is 0.191 e. The van der Waals surface area contributed by atoms with Gasteiger partial charge in [-0.05, 0) is 31.5 Å². The molecular weight excluding hydrogens is 293 g/mol. The molecule has 0 bridgehead atoms. The smallest absolute Gasteiger partial charge is 0.191 e. The van der Waals surface area contributed by atoms with Gasteiger partial charge in [0, 0.05) is 25.5 Å². The van der Waals surface area contributed by atoms with E-state index < -0.39 is 0 Å². The lowest BCUT2D eigenvalue weighted by atomic mass is 10.2. The van der Waals surface area contributed by atoms with Crippen LogP contribution in [0.25, 0.3) is 5.69 Å². The summed E-state index contributed by atoms with van der Waals surface area (Å²) in [6.45, 7) is 9.27. The van der Waals surface area contributed by atoms with Crippen molar-refractivity contribution < 1.29 is 4.39 Å². The van der Waals surface area contributed by atoms with E-state index in [9.17, 15) is 4.39 Å². The highest BCUT2D eigenvalue weighted by Gasteiger charge is 2.08. The number of halogens is 1. The summed E-state index contributed by atoms with van der Waals surface area (Å²) in [6, 6.07) is 5.13. The van der Waals surface area contributed by atoms with Crippen LogP contribution in [0, 0.1) is 12.7 Å². The molecule has 0 radical (unpaired) electrons. The zero-order chi connectivity index (χ0) is 16.7. The summed E-state index contributed by atoms with van der Waals surface area (Å²) in [5.41, 5.74) is 1.30. The van der Waals surface area contributed by atoms with E-state index in [1.165, 1.54) is 6.07 Å². The fourth-order valence-corrected chi connectivity index (χ4v) is 2.16. The van der Waals surface area contributed by atoms with Gasteiger partial charge in [0.2, 0.25) is 0 Å². The van der Waals surface area contributed by atoms with Crippen LogP contribution in [0.1, 0.15) is 18.3 Å². The van der Waals surface area contributed by atoms with Crippen LogP contribution in [-0.4, -0.2) is 28.6 Å². The lowest BCUT2D eigenvalue weighted by molar-refractivity contribution is 0.614. The number of imidazole rings is 1. The van der Waals surface area contributed by atoms with E-state index in [2.05, 4.69) is 27.2 Å². The van der Waals surface area contributed by atoms with Crippen LogP contribution in [-0.2, 0) is 6.54 Å². The lowest BCUT2D eigenvalue weighted by Crippen LogP contribution is -2.37. The SMILES string of the molecule is C=CCNC(=NCc1ccc(-n2ccnc2C)c(F)c1)NCC. The van der Waals surface area contributed by atoms with Crippen molar-refractivity contribution >= 4 is 5.96 Å². The topological polar surface area (TPSA) is 54.2 Å². The Balaban J connectivity index is 2.13. The molecule has 0 atom stereocenters. The Bertz CT molecular complexity index is 690. The first-order valence-corrected chi connectivity index (χ1v) is 7.57. The third-order valence-electron chi connectivity index (χ3n) is 3.28. The van der Waals surface area contributed by atoms with Gasteiger partial charge < -0.3 is 15.2 Å². The molecule has 1 aromatic heterocycles. The van der Waals surface area contributed by atoms with Crippen molar-refractivity contribution in [3.63, 3.8) is 0 Å². The molecule has 2 aromatic rings. The molecular formula is C17H22FN5. The summed E-state index contributed by atoms with van der Waals surface area (Å²) >= 11 is 0. The van der Waals surface area contributed by atoms with Gasteiger partial charge >= 0.3 is 0 Å². The summed E-state index contributed by atoms with van der Waals surface area (Å²) in [4.78, 5) is 8.55. The van der Waals surface area contributed by atoms with Crippen molar-refractivity contribution in [3.05, 3.63) is 60.5 Å². The molecule has 2 N–H and O–H groups in total. The number of hydrogen-bond acceptors (Lipinski definition) is 2. The molecule has 0 aliphatic rings. The summed E-state index contributed by atoms with van der Waals surface area (Å²) in [5, 5.41) is 6.24. The zero-order valence-corrected chi connectivity index (χ0v) is 13.5. The second kappa shape index (κ2) is 8.12. The number of rotatable bonds is 6. The van der Waals surface area contributed by atoms with Crippen molar-refractivity contribution in [2.45, 2.75) is 20.4 Å². The van der Waals surface area contributed by atoms with Crippen LogP contribution >= 0.6 is 0 Å². The number of hydrogen-bond donors (Lipinski definition) is 2. The Morgan fingerprint density at radius 3 is 2.87 bits per heavy atom. The van der Waals surface area contributed by atoms with Crippen molar-refractivity contribution in [2.24, 2.45) is 4.99 Å². The van der Waals surface area contributed by atoms with Gasteiger partial charge in [-0.3, -0.25) is 0 Å². The van der Waals surface area contributed by atoms with E-state index in [-0.39, 0.29) is 5.82 Å². The maximum atomic E-state index is 14.3. The molecule has 0 saturated heterocycles. The molecule has 0 unspecified atom stereocenters. The molecule has 0 amide bonds. The van der Waals surface area contributed by atoms with E-state index >= 15 is 0 Å². The summed E-state index contributed by atoms with van der Waals surface area (Å²) in [7, 11) is 0. The van der Waals surface area contributed by atoms with Gasteiger partial charge in [0.25, 0.3) is 0 Å². The first-order valence-electron chi connectivity index (χ1n) is 7.57. The van der Waals surface area contributed by atoms with Crippen LogP contribution in [0.5, 0.6) is 0 Å². The van der Waals surface area contributed by atoms with Gasteiger partial charge in [-0.1, -0.05) is 12.1 Å². The molecule has 23 heavy (non-hydrogen) atoms. The average molecular weight is 315 g/mol. The minimum atomic E-state index is -0.289. The minimum Gasteiger partial charge on any atom is -0.357 e. The van der Waals surface area contributed by atoms with E-state index in [0.29, 0.717) is 24.7 Å². The molecule has 5 nitrogen and oxygen atoms in total. The maximum absolute atomic E-state index is 14.3. The summed E-state index contributed by atoms with van der Waals surface area (Å²) < 4.78 is 16.0. The van der Waals surface area contributed by atoms with Crippen molar-refractivity contribution in [1.29, 1.82) is 0 Å². The second-order valence-electron chi connectivity index (χ2n) is 4.99. The van der Waals surface area contributed by atoms with Gasteiger partial charge in [-0.25, -0.2) is 14.4 Å². The molecule has 6 heteroatoms. The number of aromatic nitrogens is 2. The Hall–Kier alpha value is -2.63. The predicted molar refractivity (Wildman–Crippen MR) is 91.3 cm³/mol. The van der Waals surface area contributed by atoms with Gasteiger partial charge in [0.15, 0.2) is 5.96 Å². The Morgan fingerprint density at radius 2 is 2.26 bits per heavy atom. The fourth-order valence-electron chi connectivity index (χ4n) is 2.16. The molecule has 0 aliphatic heterocycles. The third kappa shape index (κ3) is 4.42. The number of nitrogens with one attached hydrogen (secondary N) is 2. The Labute approximate surface area is 136 Å². The molecule has 0 aliphatic carbocycles. The lowest BCUT2D eigenvalue weighted by Gasteiger charge is -2.10. The van der Waals surface area contributed by atoms with Crippen LogP contribution in [0.15, 0.2) is 48.2 Å². The van der Waals surface area contributed by atoms with Crippen LogP contribution in [0.3, 0.4) is 0 Å². The predicted octanol–water partition coefficient (Wildman–Crippen LogP) is 2.56. The third-order valence-corrected chi connectivity index (χ3v) is 3.28. The largest absolute Gasteiger partial charge is 0.357 e. The first-order chi connectivity index (χ1) is 11.2. The van der Waals surface area contributed by atoms with E-state index in [4.69, 9.17) is 0 Å². The van der Waals surface area contributed by atoms with Crippen molar-refractivity contribution in [3.8, 4) is 5.69 Å². The molecule has 2 rings (SSSR count). The molecule has 1 heterocycles. The highest BCUT2D eigenvalue weighted by Crippen LogP contribution is 2.17. The quantitative estimate of drug-likeness (QED) is 0.489. The average Bonchev–Trinajstić information content (AvgIpc) is 2.96. The number of guanidine groups is 1. The van der Waals surface area contributed by atoms with Crippen LogP contribution in [0.2, 0.25) is 0 Å². The Kier molecular flexibility index (Phi) is 5.91. The standard InChI is InChI=1S/C17H22FN5/c1-4-8-21-17(19-5-2)22-12-14-6-7-16(15(18)11-14)23-10-9-20-13(23)3/h4,6-7,9-11H,1,5,8,12H2,2-3H3,(H2,19,21,22). The van der Waals surface area contributed by atoms with Crippen LogP contribution < -0.4 is 10.6 Å². The highest BCUT2D eigenvalue weighted by atomic mass is 19.1. The number of nitrogens with zero attached hydrogens (tertiary/aromatic N) is 3. The zero-order valence-electron chi connectivity index (χ0n) is 13.5. The van der Waals surface area contributed by atoms with E-state index in [1.807, 2.05) is 19.9 Å².